The molecule has 1 N–H and O–H groups in total. The average molecular weight is 370 g/mol. The lowest BCUT2D eigenvalue weighted by atomic mass is 9.84. The summed E-state index contributed by atoms with van der Waals surface area (Å²) in [5, 5.41) is 3.13. The quantitative estimate of drug-likeness (QED) is 0.794. The third kappa shape index (κ3) is 5.28. The molecule has 3 rings (SSSR count). The summed E-state index contributed by atoms with van der Waals surface area (Å²) in [6.07, 6.45) is 6.18. The molecule has 5 heteroatoms. The number of aromatic nitrogens is 1. The van der Waals surface area contributed by atoms with E-state index in [0.29, 0.717) is 23.1 Å². The van der Waals surface area contributed by atoms with Gasteiger partial charge in [0.25, 0.3) is 5.91 Å². The van der Waals surface area contributed by atoms with Crippen molar-refractivity contribution >= 4 is 5.91 Å². The highest BCUT2D eigenvalue weighted by Gasteiger charge is 2.22. The Kier molecular flexibility index (Phi) is 6.43. The monoisotopic (exact) mass is 370 g/mol. The first-order valence-electron chi connectivity index (χ1n) is 9.68. The fourth-order valence-corrected chi connectivity index (χ4v) is 3.68. The molecule has 1 atom stereocenters. The first kappa shape index (κ1) is 19.3. The molecule has 2 aromatic rings. The summed E-state index contributed by atoms with van der Waals surface area (Å²) < 4.78 is 18.9. The summed E-state index contributed by atoms with van der Waals surface area (Å²) in [5.41, 5.74) is 1.92. The van der Waals surface area contributed by atoms with Crippen LogP contribution in [0, 0.1) is 18.7 Å². The molecular formula is C22H27FN2O2. The Morgan fingerprint density at radius 2 is 2.04 bits per heavy atom. The van der Waals surface area contributed by atoms with Gasteiger partial charge in [0.05, 0.1) is 11.3 Å². The number of nitrogens with zero attached hydrogens (tertiary/aromatic N) is 1. The molecule has 0 unspecified atom stereocenters. The fourth-order valence-electron chi connectivity index (χ4n) is 3.68. The zero-order valence-electron chi connectivity index (χ0n) is 16.0. The van der Waals surface area contributed by atoms with Gasteiger partial charge in [0.2, 0.25) is 5.88 Å². The predicted molar refractivity (Wildman–Crippen MR) is 103 cm³/mol. The van der Waals surface area contributed by atoms with Gasteiger partial charge < -0.3 is 10.1 Å². The number of hydrogen-bond acceptors (Lipinski definition) is 3. The second kappa shape index (κ2) is 8.98. The van der Waals surface area contributed by atoms with Crippen LogP contribution in [0.1, 0.15) is 60.6 Å². The molecule has 1 aromatic carbocycles. The zero-order chi connectivity index (χ0) is 19.2. The molecule has 4 nitrogen and oxygen atoms in total. The highest BCUT2D eigenvalue weighted by Crippen LogP contribution is 2.26. The van der Waals surface area contributed by atoms with Crippen molar-refractivity contribution in [3.05, 3.63) is 59.0 Å². The van der Waals surface area contributed by atoms with Gasteiger partial charge in [-0.3, -0.25) is 4.79 Å². The standard InChI is InChI=1S/C22H27FN2O2/c1-15(18-8-4-3-5-9-18)25-22(26)20-11-12-21(24-16(20)2)27-14-17-7-6-10-19(23)13-17/h6-7,10-13,15,18H,3-5,8-9,14H2,1-2H3,(H,25,26)/t15-/m1/s1. The van der Waals surface area contributed by atoms with Crippen LogP contribution in [0.25, 0.3) is 0 Å². The maximum atomic E-state index is 13.2. The van der Waals surface area contributed by atoms with Gasteiger partial charge in [-0.05, 0) is 56.4 Å². The van der Waals surface area contributed by atoms with E-state index in [4.69, 9.17) is 4.74 Å². The number of amides is 1. The van der Waals surface area contributed by atoms with Crippen molar-refractivity contribution in [1.29, 1.82) is 0 Å². The van der Waals surface area contributed by atoms with E-state index in [2.05, 4.69) is 17.2 Å². The van der Waals surface area contributed by atoms with Crippen molar-refractivity contribution in [3.8, 4) is 5.88 Å². The van der Waals surface area contributed by atoms with Gasteiger partial charge in [0, 0.05) is 12.1 Å². The molecule has 0 saturated heterocycles. The van der Waals surface area contributed by atoms with Crippen LogP contribution < -0.4 is 10.1 Å². The normalized spacial score (nSPS) is 16.0. The second-order valence-corrected chi connectivity index (χ2v) is 7.36. The molecule has 144 valence electrons. The highest BCUT2D eigenvalue weighted by molar-refractivity contribution is 5.95. The van der Waals surface area contributed by atoms with Crippen LogP contribution in [0.5, 0.6) is 5.88 Å². The van der Waals surface area contributed by atoms with Gasteiger partial charge >= 0.3 is 0 Å². The first-order chi connectivity index (χ1) is 13.0. The molecule has 1 aromatic heterocycles. The van der Waals surface area contributed by atoms with E-state index in [-0.39, 0.29) is 24.4 Å². The number of carbonyl (C=O) groups is 1. The molecule has 0 aliphatic heterocycles. The predicted octanol–water partition coefficient (Wildman–Crippen LogP) is 4.81. The maximum Gasteiger partial charge on any atom is 0.253 e. The Labute approximate surface area is 160 Å². The summed E-state index contributed by atoms with van der Waals surface area (Å²) in [4.78, 5) is 17.0. The Bertz CT molecular complexity index is 788. The molecular weight excluding hydrogens is 343 g/mol. The van der Waals surface area contributed by atoms with Crippen molar-refractivity contribution in [2.45, 2.75) is 58.6 Å². The molecule has 1 aliphatic carbocycles. The Morgan fingerprint density at radius 1 is 1.26 bits per heavy atom. The summed E-state index contributed by atoms with van der Waals surface area (Å²) in [7, 11) is 0. The summed E-state index contributed by atoms with van der Waals surface area (Å²) in [6.45, 7) is 4.12. The topological polar surface area (TPSA) is 51.2 Å². The van der Waals surface area contributed by atoms with Gasteiger partial charge in [-0.1, -0.05) is 31.4 Å². The molecule has 0 bridgehead atoms. The van der Waals surface area contributed by atoms with Crippen LogP contribution in [0.15, 0.2) is 36.4 Å². The van der Waals surface area contributed by atoms with Crippen LogP contribution in [0.4, 0.5) is 4.39 Å². The van der Waals surface area contributed by atoms with E-state index < -0.39 is 0 Å². The van der Waals surface area contributed by atoms with E-state index in [0.717, 1.165) is 5.56 Å². The third-order valence-corrected chi connectivity index (χ3v) is 5.30. The van der Waals surface area contributed by atoms with E-state index in [1.165, 1.54) is 44.2 Å². The molecule has 0 spiro atoms. The van der Waals surface area contributed by atoms with Crippen LogP contribution in [0.2, 0.25) is 0 Å². The molecule has 1 heterocycles. The van der Waals surface area contributed by atoms with Crippen molar-refractivity contribution in [2.24, 2.45) is 5.92 Å². The van der Waals surface area contributed by atoms with Crippen molar-refractivity contribution < 1.29 is 13.9 Å². The number of benzene rings is 1. The zero-order valence-corrected chi connectivity index (χ0v) is 16.0. The number of nitrogens with one attached hydrogen (secondary N) is 1. The largest absolute Gasteiger partial charge is 0.473 e. The minimum Gasteiger partial charge on any atom is -0.473 e. The molecule has 0 radical (unpaired) electrons. The second-order valence-electron chi connectivity index (χ2n) is 7.36. The van der Waals surface area contributed by atoms with E-state index in [1.807, 2.05) is 0 Å². The van der Waals surface area contributed by atoms with Crippen LogP contribution >= 0.6 is 0 Å². The average Bonchev–Trinajstić information content (AvgIpc) is 2.67. The van der Waals surface area contributed by atoms with Gasteiger partial charge in [-0.2, -0.15) is 0 Å². The van der Waals surface area contributed by atoms with Crippen LogP contribution in [-0.4, -0.2) is 16.9 Å². The highest BCUT2D eigenvalue weighted by atomic mass is 19.1. The number of halogens is 1. The fraction of sp³-hybridized carbons (Fsp3) is 0.455. The molecule has 1 amide bonds. The number of ether oxygens (including phenoxy) is 1. The summed E-state index contributed by atoms with van der Waals surface area (Å²) >= 11 is 0. The lowest BCUT2D eigenvalue weighted by Gasteiger charge is -2.28. The Balaban J connectivity index is 1.59. The Hall–Kier alpha value is -2.43. The van der Waals surface area contributed by atoms with Gasteiger partial charge in [0.1, 0.15) is 12.4 Å². The van der Waals surface area contributed by atoms with E-state index >= 15 is 0 Å². The van der Waals surface area contributed by atoms with Crippen LogP contribution in [0.3, 0.4) is 0 Å². The van der Waals surface area contributed by atoms with Gasteiger partial charge in [-0.15, -0.1) is 0 Å². The van der Waals surface area contributed by atoms with Crippen molar-refractivity contribution in [2.75, 3.05) is 0 Å². The number of carbonyl (C=O) groups excluding carboxylic acids is 1. The molecule has 27 heavy (non-hydrogen) atoms. The number of rotatable bonds is 6. The van der Waals surface area contributed by atoms with E-state index in [1.54, 1.807) is 31.2 Å². The lowest BCUT2D eigenvalue weighted by Crippen LogP contribution is -2.39. The van der Waals surface area contributed by atoms with Crippen molar-refractivity contribution in [3.63, 3.8) is 0 Å². The minimum absolute atomic E-state index is 0.0882. The molecule has 1 saturated carbocycles. The number of aryl methyl sites for hydroxylation is 1. The Morgan fingerprint density at radius 3 is 2.74 bits per heavy atom. The minimum atomic E-state index is -0.292. The van der Waals surface area contributed by atoms with Crippen LogP contribution in [-0.2, 0) is 6.61 Å². The van der Waals surface area contributed by atoms with Gasteiger partial charge in [0.15, 0.2) is 0 Å². The summed E-state index contributed by atoms with van der Waals surface area (Å²) in [5.74, 6) is 0.604. The van der Waals surface area contributed by atoms with Crippen molar-refractivity contribution in [1.82, 2.24) is 10.3 Å². The SMILES string of the molecule is Cc1nc(OCc2cccc(F)c2)ccc1C(=O)N[C@H](C)C1CCCCC1. The molecule has 1 fully saturated rings. The molecule has 1 aliphatic rings. The number of pyridine rings is 1. The lowest BCUT2D eigenvalue weighted by molar-refractivity contribution is 0.0918. The maximum absolute atomic E-state index is 13.2. The first-order valence-corrected chi connectivity index (χ1v) is 9.68. The van der Waals surface area contributed by atoms with Gasteiger partial charge in [-0.25, -0.2) is 9.37 Å². The number of hydrogen-bond donors (Lipinski definition) is 1. The third-order valence-electron chi connectivity index (χ3n) is 5.30. The van der Waals surface area contributed by atoms with E-state index in [9.17, 15) is 9.18 Å². The smallest absolute Gasteiger partial charge is 0.253 e. The summed E-state index contributed by atoms with van der Waals surface area (Å²) in [6, 6.07) is 9.87.